The Morgan fingerprint density at radius 1 is 1.10 bits per heavy atom. The molecule has 0 spiro atoms. The molecule has 0 aromatic carbocycles. The molecule has 0 fully saturated rings. The summed E-state index contributed by atoms with van der Waals surface area (Å²) in [5.74, 6) is 0.483. The number of hydrogen-bond acceptors (Lipinski definition) is 3. The number of hydrogen-bond donors (Lipinski definition) is 1. The maximum atomic E-state index is 5.22. The van der Waals surface area contributed by atoms with E-state index in [1.54, 1.807) is 0 Å². The van der Waals surface area contributed by atoms with Gasteiger partial charge in [-0.3, -0.25) is 0 Å². The zero-order valence-electron chi connectivity index (χ0n) is 6.51. The lowest BCUT2D eigenvalue weighted by molar-refractivity contribution is 0.0645. The molecular weight excluding hydrogens is 148 g/mol. The minimum Gasteiger partial charge on any atom is -0.379 e. The first-order valence-electron chi connectivity index (χ1n) is 3.68. The van der Waals surface area contributed by atoms with Gasteiger partial charge in [0.15, 0.2) is 0 Å². The third kappa shape index (κ3) is 8.27. The van der Waals surface area contributed by atoms with E-state index in [9.17, 15) is 0 Å². The summed E-state index contributed by atoms with van der Waals surface area (Å²) >= 11 is 3.89. The summed E-state index contributed by atoms with van der Waals surface area (Å²) in [5.41, 5.74) is 0. The van der Waals surface area contributed by atoms with Crippen molar-refractivity contribution in [1.29, 1.82) is 0 Å². The molecule has 0 atom stereocenters. The largest absolute Gasteiger partial charge is 0.379 e. The third-order valence-electron chi connectivity index (χ3n) is 1.11. The van der Waals surface area contributed by atoms with Crippen LogP contribution in [-0.4, -0.2) is 25.8 Å². The van der Waals surface area contributed by atoms with E-state index < -0.39 is 0 Å². The van der Waals surface area contributed by atoms with Crippen LogP contribution >= 0.6 is 12.6 Å². The molecule has 0 aliphatic heterocycles. The van der Waals surface area contributed by atoms with Gasteiger partial charge in [0.05, 0.1) is 19.2 Å². The molecule has 10 heavy (non-hydrogen) atoms. The second kappa shape index (κ2) is 9.27. The van der Waals surface area contributed by atoms with Crippen molar-refractivity contribution in [2.24, 2.45) is 0 Å². The number of rotatable bonds is 7. The van der Waals surface area contributed by atoms with Crippen LogP contribution in [0.2, 0.25) is 0 Å². The Morgan fingerprint density at radius 3 is 2.40 bits per heavy atom. The predicted octanol–water partition coefficient (Wildman–Crippen LogP) is 1.71. The van der Waals surface area contributed by atoms with Crippen LogP contribution in [0.5, 0.6) is 0 Å². The Labute approximate surface area is 68.3 Å². The van der Waals surface area contributed by atoms with Crippen LogP contribution in [0, 0.1) is 0 Å². The van der Waals surface area contributed by atoms with Crippen LogP contribution in [0.4, 0.5) is 0 Å². The van der Waals surface area contributed by atoms with Crippen molar-refractivity contribution in [1.82, 2.24) is 0 Å². The van der Waals surface area contributed by atoms with Crippen molar-refractivity contribution in [3.05, 3.63) is 0 Å². The van der Waals surface area contributed by atoms with Crippen molar-refractivity contribution in [3.63, 3.8) is 0 Å². The summed E-state index contributed by atoms with van der Waals surface area (Å²) in [5, 5.41) is 0. The standard InChI is InChI=1S/C7H16O2S/c1-2-3-4-8-5-6-9-7-10/h10H,2-7H2,1H3. The van der Waals surface area contributed by atoms with E-state index in [0.29, 0.717) is 19.2 Å². The highest BCUT2D eigenvalue weighted by molar-refractivity contribution is 7.80. The summed E-state index contributed by atoms with van der Waals surface area (Å²) in [7, 11) is 0. The van der Waals surface area contributed by atoms with Gasteiger partial charge < -0.3 is 9.47 Å². The molecule has 0 aromatic heterocycles. The zero-order valence-corrected chi connectivity index (χ0v) is 7.40. The minimum atomic E-state index is 0.483. The Hall–Kier alpha value is 0.270. The third-order valence-corrected chi connectivity index (χ3v) is 1.29. The van der Waals surface area contributed by atoms with Gasteiger partial charge in [0.1, 0.15) is 0 Å². The fourth-order valence-electron chi connectivity index (χ4n) is 0.531. The summed E-state index contributed by atoms with van der Waals surface area (Å²) in [6.45, 7) is 4.35. The lowest BCUT2D eigenvalue weighted by Gasteiger charge is -2.01. The highest BCUT2D eigenvalue weighted by Crippen LogP contribution is 1.87. The van der Waals surface area contributed by atoms with Gasteiger partial charge >= 0.3 is 0 Å². The Morgan fingerprint density at radius 2 is 1.80 bits per heavy atom. The van der Waals surface area contributed by atoms with Crippen LogP contribution < -0.4 is 0 Å². The monoisotopic (exact) mass is 164 g/mol. The van der Waals surface area contributed by atoms with E-state index in [2.05, 4.69) is 19.6 Å². The summed E-state index contributed by atoms with van der Waals surface area (Å²) < 4.78 is 10.2. The van der Waals surface area contributed by atoms with Gasteiger partial charge in [0, 0.05) is 6.61 Å². The van der Waals surface area contributed by atoms with Crippen molar-refractivity contribution in [2.45, 2.75) is 19.8 Å². The second-order valence-corrected chi connectivity index (χ2v) is 2.26. The van der Waals surface area contributed by atoms with Gasteiger partial charge in [0.25, 0.3) is 0 Å². The van der Waals surface area contributed by atoms with E-state index in [-0.39, 0.29) is 0 Å². The molecule has 3 heteroatoms. The topological polar surface area (TPSA) is 18.5 Å². The van der Waals surface area contributed by atoms with E-state index in [0.717, 1.165) is 13.0 Å². The van der Waals surface area contributed by atoms with Crippen LogP contribution in [0.15, 0.2) is 0 Å². The van der Waals surface area contributed by atoms with Gasteiger partial charge in [-0.25, -0.2) is 0 Å². The Balaban J connectivity index is 2.65. The van der Waals surface area contributed by atoms with Crippen LogP contribution in [0.3, 0.4) is 0 Å². The van der Waals surface area contributed by atoms with Gasteiger partial charge in [-0.05, 0) is 6.42 Å². The van der Waals surface area contributed by atoms with E-state index in [4.69, 9.17) is 9.47 Å². The average Bonchev–Trinajstić information content (AvgIpc) is 1.97. The highest BCUT2D eigenvalue weighted by atomic mass is 32.1. The molecule has 0 amide bonds. The lowest BCUT2D eigenvalue weighted by atomic mass is 10.4. The molecule has 0 unspecified atom stereocenters. The molecule has 0 saturated carbocycles. The van der Waals surface area contributed by atoms with Gasteiger partial charge in [-0.1, -0.05) is 13.3 Å². The Bertz CT molecular complexity index is 51.6. The van der Waals surface area contributed by atoms with Gasteiger partial charge in [-0.2, -0.15) is 12.6 Å². The SMILES string of the molecule is CCCCOCCOCS. The fraction of sp³-hybridized carbons (Fsp3) is 1.00. The van der Waals surface area contributed by atoms with E-state index >= 15 is 0 Å². The number of ether oxygens (including phenoxy) is 2. The van der Waals surface area contributed by atoms with E-state index in [1.165, 1.54) is 6.42 Å². The maximum Gasteiger partial charge on any atom is 0.0893 e. The zero-order chi connectivity index (χ0) is 7.66. The molecule has 2 nitrogen and oxygen atoms in total. The smallest absolute Gasteiger partial charge is 0.0893 e. The molecule has 62 valence electrons. The molecular formula is C7H16O2S. The number of unbranched alkanes of at least 4 members (excludes halogenated alkanes) is 1. The lowest BCUT2D eigenvalue weighted by Crippen LogP contribution is -2.03. The molecule has 0 heterocycles. The van der Waals surface area contributed by atoms with Crippen LogP contribution in [0.1, 0.15) is 19.8 Å². The Kier molecular flexibility index (Phi) is 9.52. The normalized spacial score (nSPS) is 10.2. The second-order valence-electron chi connectivity index (χ2n) is 2.00. The molecule has 0 N–H and O–H groups in total. The fourth-order valence-corrected chi connectivity index (χ4v) is 0.660. The van der Waals surface area contributed by atoms with Crippen molar-refractivity contribution >= 4 is 12.6 Å². The maximum absolute atomic E-state index is 5.22. The molecule has 0 rings (SSSR count). The van der Waals surface area contributed by atoms with Crippen molar-refractivity contribution in [2.75, 3.05) is 25.8 Å². The molecule has 0 bridgehead atoms. The molecule has 0 radical (unpaired) electrons. The van der Waals surface area contributed by atoms with Crippen LogP contribution in [-0.2, 0) is 9.47 Å². The summed E-state index contributed by atoms with van der Waals surface area (Å²) in [6, 6.07) is 0. The molecule has 0 aliphatic carbocycles. The highest BCUT2D eigenvalue weighted by Gasteiger charge is 1.86. The van der Waals surface area contributed by atoms with Gasteiger partial charge in [0.2, 0.25) is 0 Å². The average molecular weight is 164 g/mol. The first kappa shape index (κ1) is 10.3. The van der Waals surface area contributed by atoms with Gasteiger partial charge in [-0.15, -0.1) is 0 Å². The predicted molar refractivity (Wildman–Crippen MR) is 45.5 cm³/mol. The quantitative estimate of drug-likeness (QED) is 0.351. The molecule has 0 aliphatic rings. The van der Waals surface area contributed by atoms with E-state index in [1.807, 2.05) is 0 Å². The first-order chi connectivity index (χ1) is 4.91. The first-order valence-corrected chi connectivity index (χ1v) is 4.31. The number of thiol groups is 1. The van der Waals surface area contributed by atoms with Crippen molar-refractivity contribution < 1.29 is 9.47 Å². The molecule has 0 aromatic rings. The molecule has 0 saturated heterocycles. The summed E-state index contributed by atoms with van der Waals surface area (Å²) in [4.78, 5) is 0. The van der Waals surface area contributed by atoms with Crippen molar-refractivity contribution in [3.8, 4) is 0 Å². The minimum absolute atomic E-state index is 0.483. The van der Waals surface area contributed by atoms with Crippen LogP contribution in [0.25, 0.3) is 0 Å². The summed E-state index contributed by atoms with van der Waals surface area (Å²) in [6.07, 6.45) is 2.33.